The molecular formula is C19H16N4O2S. The molecule has 2 aliphatic heterocycles. The third-order valence-electron chi connectivity index (χ3n) is 4.22. The maximum atomic E-state index is 12.4. The summed E-state index contributed by atoms with van der Waals surface area (Å²) in [5.41, 5.74) is 4.26. The molecule has 6 nitrogen and oxygen atoms in total. The fourth-order valence-corrected chi connectivity index (χ4v) is 3.71. The van der Waals surface area contributed by atoms with Gasteiger partial charge in [-0.1, -0.05) is 36.0 Å². The van der Waals surface area contributed by atoms with Gasteiger partial charge in [-0.15, -0.1) is 0 Å². The number of hydrogen-bond donors (Lipinski definition) is 1. The Morgan fingerprint density at radius 1 is 1.15 bits per heavy atom. The van der Waals surface area contributed by atoms with Crippen LogP contribution >= 0.6 is 11.8 Å². The van der Waals surface area contributed by atoms with Crippen molar-refractivity contribution in [2.75, 3.05) is 12.4 Å². The second-order valence-corrected chi connectivity index (χ2v) is 7.34. The highest BCUT2D eigenvalue weighted by Gasteiger charge is 2.30. The first-order chi connectivity index (χ1) is 12.5. The lowest BCUT2D eigenvalue weighted by Crippen LogP contribution is -2.31. The molecule has 1 N–H and O–H groups in total. The van der Waals surface area contributed by atoms with Crippen molar-refractivity contribution < 1.29 is 9.59 Å². The van der Waals surface area contributed by atoms with Gasteiger partial charge < -0.3 is 5.32 Å². The summed E-state index contributed by atoms with van der Waals surface area (Å²) in [5, 5.41) is 8.45. The summed E-state index contributed by atoms with van der Waals surface area (Å²) in [6, 6.07) is 15.0. The van der Waals surface area contributed by atoms with Crippen LogP contribution in [0, 0.1) is 0 Å². The summed E-state index contributed by atoms with van der Waals surface area (Å²) in [6.07, 6.45) is 0. The molecule has 0 aliphatic carbocycles. The molecule has 0 fully saturated rings. The van der Waals surface area contributed by atoms with E-state index in [9.17, 15) is 9.59 Å². The summed E-state index contributed by atoms with van der Waals surface area (Å²) >= 11 is 1.23. The number of amides is 2. The van der Waals surface area contributed by atoms with Crippen molar-refractivity contribution >= 4 is 45.7 Å². The maximum Gasteiger partial charge on any atom is 0.302 e. The van der Waals surface area contributed by atoms with Gasteiger partial charge in [0.2, 0.25) is 0 Å². The van der Waals surface area contributed by atoms with Gasteiger partial charge in [0.05, 0.1) is 22.3 Å². The molecule has 0 bridgehead atoms. The number of thioether (sulfide) groups is 1. The van der Waals surface area contributed by atoms with Crippen LogP contribution in [0.3, 0.4) is 0 Å². The van der Waals surface area contributed by atoms with E-state index in [0.29, 0.717) is 5.71 Å². The molecule has 0 saturated heterocycles. The molecule has 2 heterocycles. The van der Waals surface area contributed by atoms with Crippen molar-refractivity contribution in [3.63, 3.8) is 0 Å². The molecule has 0 saturated carbocycles. The first-order valence-electron chi connectivity index (χ1n) is 8.15. The smallest absolute Gasteiger partial charge is 0.302 e. The normalized spacial score (nSPS) is 20.8. The second-order valence-electron chi connectivity index (χ2n) is 6.05. The number of nitrogens with one attached hydrogen (secondary N) is 1. The van der Waals surface area contributed by atoms with Crippen LogP contribution in [0.1, 0.15) is 18.1 Å². The highest BCUT2D eigenvalue weighted by atomic mass is 32.2. The van der Waals surface area contributed by atoms with Gasteiger partial charge in [-0.25, -0.2) is 10.0 Å². The van der Waals surface area contributed by atoms with Gasteiger partial charge in [0.1, 0.15) is 5.71 Å². The van der Waals surface area contributed by atoms with Gasteiger partial charge in [0.25, 0.3) is 5.91 Å². The van der Waals surface area contributed by atoms with E-state index < -0.39 is 0 Å². The fourth-order valence-electron chi connectivity index (χ4n) is 2.91. The highest BCUT2D eigenvalue weighted by molar-refractivity contribution is 8.14. The predicted octanol–water partition coefficient (Wildman–Crippen LogP) is 3.65. The van der Waals surface area contributed by atoms with Crippen molar-refractivity contribution in [2.24, 2.45) is 10.1 Å². The minimum absolute atomic E-state index is 0.0590. The van der Waals surface area contributed by atoms with Crippen LogP contribution in [0.25, 0.3) is 0 Å². The third-order valence-corrected chi connectivity index (χ3v) is 5.26. The molecule has 1 atom stereocenters. The monoisotopic (exact) mass is 364 g/mol. The van der Waals surface area contributed by atoms with Gasteiger partial charge in [-0.3, -0.25) is 9.59 Å². The molecule has 1 unspecified atom stereocenters. The van der Waals surface area contributed by atoms with Crippen LogP contribution in [0.15, 0.2) is 58.6 Å². The lowest BCUT2D eigenvalue weighted by atomic mass is 10.0. The minimum Gasteiger partial charge on any atom is -0.320 e. The van der Waals surface area contributed by atoms with Gasteiger partial charge in [-0.2, -0.15) is 5.10 Å². The van der Waals surface area contributed by atoms with Crippen LogP contribution in [0.5, 0.6) is 0 Å². The largest absolute Gasteiger partial charge is 0.320 e. The Bertz CT molecular complexity index is 969. The molecule has 130 valence electrons. The average molecular weight is 364 g/mol. The van der Waals surface area contributed by atoms with Crippen LogP contribution in [-0.2, 0) is 4.79 Å². The lowest BCUT2D eigenvalue weighted by Gasteiger charge is -2.24. The molecule has 2 aliphatic rings. The number of fused-ring (bicyclic) bond motifs is 1. The highest BCUT2D eigenvalue weighted by Crippen LogP contribution is 2.30. The van der Waals surface area contributed by atoms with E-state index in [-0.39, 0.29) is 16.4 Å². The standard InChI is InChI=1S/C19H16N4O2S/c1-11-16(22-23(2)19(25)26-11)12-8-9-15-14(10-12)17(18(24)21-15)20-13-6-4-3-5-7-13/h3-11H,1-2H3,(H,20,21,24). The van der Waals surface area contributed by atoms with E-state index in [4.69, 9.17) is 0 Å². The van der Waals surface area contributed by atoms with Crippen LogP contribution in [-0.4, -0.2) is 39.9 Å². The second kappa shape index (κ2) is 6.42. The fraction of sp³-hybridized carbons (Fsp3) is 0.158. The predicted molar refractivity (Wildman–Crippen MR) is 104 cm³/mol. The van der Waals surface area contributed by atoms with E-state index in [1.54, 1.807) is 7.05 Å². The number of carbonyl (C=O) groups is 2. The molecule has 2 aromatic rings. The molecule has 2 amide bonds. The molecule has 0 spiro atoms. The lowest BCUT2D eigenvalue weighted by molar-refractivity contribution is -0.110. The Morgan fingerprint density at radius 2 is 1.92 bits per heavy atom. The van der Waals surface area contributed by atoms with Gasteiger partial charge in [-0.05, 0) is 36.8 Å². The molecule has 26 heavy (non-hydrogen) atoms. The van der Waals surface area contributed by atoms with E-state index in [1.807, 2.05) is 55.5 Å². The number of carbonyl (C=O) groups excluding carboxylic acids is 2. The zero-order valence-corrected chi connectivity index (χ0v) is 15.1. The van der Waals surface area contributed by atoms with E-state index >= 15 is 0 Å². The zero-order valence-electron chi connectivity index (χ0n) is 14.3. The summed E-state index contributed by atoms with van der Waals surface area (Å²) in [7, 11) is 1.64. The number of para-hydroxylation sites is 1. The van der Waals surface area contributed by atoms with Crippen LogP contribution in [0.4, 0.5) is 16.2 Å². The van der Waals surface area contributed by atoms with Crippen molar-refractivity contribution in [2.45, 2.75) is 12.2 Å². The number of rotatable bonds is 2. The van der Waals surface area contributed by atoms with Gasteiger partial charge in [0, 0.05) is 12.6 Å². The summed E-state index contributed by atoms with van der Waals surface area (Å²) in [5.74, 6) is -0.221. The topological polar surface area (TPSA) is 74.1 Å². The third kappa shape index (κ3) is 2.90. The number of hydrazone groups is 1. The van der Waals surface area contributed by atoms with Crippen LogP contribution in [0.2, 0.25) is 0 Å². The quantitative estimate of drug-likeness (QED) is 0.884. The number of benzene rings is 2. The Labute approximate surface area is 155 Å². The summed E-state index contributed by atoms with van der Waals surface area (Å²) in [4.78, 5) is 28.6. The first-order valence-corrected chi connectivity index (χ1v) is 9.03. The Kier molecular flexibility index (Phi) is 4.08. The number of aliphatic imine (C=N–C) groups is 1. The van der Waals surface area contributed by atoms with E-state index in [0.717, 1.165) is 28.2 Å². The average Bonchev–Trinajstić information content (AvgIpc) is 2.94. The van der Waals surface area contributed by atoms with E-state index in [1.165, 1.54) is 16.8 Å². The first kappa shape index (κ1) is 16.5. The Morgan fingerprint density at radius 3 is 2.69 bits per heavy atom. The minimum atomic E-state index is -0.221. The molecule has 2 aromatic carbocycles. The molecular weight excluding hydrogens is 348 g/mol. The zero-order chi connectivity index (χ0) is 18.3. The Hall–Kier alpha value is -2.93. The molecule has 4 rings (SSSR count). The number of nitrogens with zero attached hydrogens (tertiary/aromatic N) is 3. The summed E-state index contributed by atoms with van der Waals surface area (Å²) in [6.45, 7) is 1.95. The van der Waals surface area contributed by atoms with E-state index in [2.05, 4.69) is 15.4 Å². The number of anilines is 1. The van der Waals surface area contributed by atoms with Crippen molar-refractivity contribution in [1.29, 1.82) is 0 Å². The molecule has 0 aromatic heterocycles. The van der Waals surface area contributed by atoms with Crippen molar-refractivity contribution in [3.05, 3.63) is 59.7 Å². The Balaban J connectivity index is 1.78. The molecule has 7 heteroatoms. The van der Waals surface area contributed by atoms with Gasteiger partial charge in [0.15, 0.2) is 0 Å². The number of hydrogen-bond acceptors (Lipinski definition) is 5. The van der Waals surface area contributed by atoms with Crippen molar-refractivity contribution in [1.82, 2.24) is 5.01 Å². The van der Waals surface area contributed by atoms with Crippen molar-refractivity contribution in [3.8, 4) is 0 Å². The summed E-state index contributed by atoms with van der Waals surface area (Å²) < 4.78 is 0. The molecule has 0 radical (unpaired) electrons. The van der Waals surface area contributed by atoms with Gasteiger partial charge >= 0.3 is 5.24 Å². The SMILES string of the molecule is CC1SC(=O)N(C)N=C1c1ccc2c(c1)C(=Nc1ccccc1)C(=O)N2. The maximum absolute atomic E-state index is 12.4. The van der Waals surface area contributed by atoms with Crippen LogP contribution < -0.4 is 5.32 Å².